The molecular weight excluding hydrogens is 212 g/mol. The molecule has 0 fully saturated rings. The van der Waals surface area contributed by atoms with Crippen molar-refractivity contribution in [3.05, 3.63) is 47.8 Å². The lowest BCUT2D eigenvalue weighted by Crippen LogP contribution is -2.21. The van der Waals surface area contributed by atoms with Crippen LogP contribution in [0.4, 0.5) is 0 Å². The van der Waals surface area contributed by atoms with Crippen LogP contribution in [0.5, 0.6) is 0 Å². The Morgan fingerprint density at radius 2 is 2.47 bits per heavy atom. The van der Waals surface area contributed by atoms with Gasteiger partial charge in [-0.1, -0.05) is 24.2 Å². The molecule has 3 nitrogen and oxygen atoms in total. The maximum absolute atomic E-state index is 11.2. The van der Waals surface area contributed by atoms with Crippen LogP contribution in [-0.2, 0) is 4.79 Å². The number of hydrogen-bond acceptors (Lipinski definition) is 2. The van der Waals surface area contributed by atoms with E-state index in [9.17, 15) is 4.79 Å². The van der Waals surface area contributed by atoms with Crippen LogP contribution in [0.3, 0.4) is 0 Å². The predicted octanol–water partition coefficient (Wildman–Crippen LogP) is 1.96. The number of nitrogens with zero attached hydrogens (tertiary/aromatic N) is 1. The van der Waals surface area contributed by atoms with Crippen LogP contribution in [0.15, 0.2) is 42.2 Å². The lowest BCUT2D eigenvalue weighted by atomic mass is 10.2. The summed E-state index contributed by atoms with van der Waals surface area (Å²) >= 11 is 5.50. The van der Waals surface area contributed by atoms with Crippen molar-refractivity contribution < 1.29 is 4.79 Å². The van der Waals surface area contributed by atoms with E-state index in [1.807, 2.05) is 6.07 Å². The Balaban J connectivity index is 2.44. The number of aromatic nitrogens is 1. The molecule has 4 heteroatoms. The summed E-state index contributed by atoms with van der Waals surface area (Å²) in [5.41, 5.74) is 0.873. The highest BCUT2D eigenvalue weighted by Crippen LogP contribution is 1.98. The van der Waals surface area contributed by atoms with Gasteiger partial charge in [-0.25, -0.2) is 0 Å². The standard InChI is InChI=1S/C11H11ClN2O/c1-9(12)7-14-11(15)5-4-10-3-2-6-13-8-10/h2-6,8H,1,7H2,(H,14,15)/b5-4+. The van der Waals surface area contributed by atoms with Gasteiger partial charge in [-0.05, 0) is 17.7 Å². The number of amides is 1. The number of rotatable bonds is 4. The van der Waals surface area contributed by atoms with Crippen LogP contribution < -0.4 is 5.32 Å². The first-order valence-corrected chi connectivity index (χ1v) is 4.75. The second-order valence-corrected chi connectivity index (χ2v) is 3.39. The summed E-state index contributed by atoms with van der Waals surface area (Å²) in [6, 6.07) is 3.66. The largest absolute Gasteiger partial charge is 0.348 e. The number of hydrogen-bond donors (Lipinski definition) is 1. The summed E-state index contributed by atoms with van der Waals surface area (Å²) in [4.78, 5) is 15.1. The molecule has 1 aromatic rings. The molecule has 0 aliphatic heterocycles. The third-order valence-corrected chi connectivity index (χ3v) is 1.70. The molecule has 0 radical (unpaired) electrons. The van der Waals surface area contributed by atoms with Crippen molar-refractivity contribution in [1.29, 1.82) is 0 Å². The lowest BCUT2D eigenvalue weighted by molar-refractivity contribution is -0.116. The van der Waals surface area contributed by atoms with Crippen molar-refractivity contribution >= 4 is 23.6 Å². The van der Waals surface area contributed by atoms with Gasteiger partial charge in [0, 0.05) is 23.5 Å². The topological polar surface area (TPSA) is 42.0 Å². The molecule has 0 unspecified atom stereocenters. The smallest absolute Gasteiger partial charge is 0.244 e. The summed E-state index contributed by atoms with van der Waals surface area (Å²) in [6.07, 6.45) is 6.45. The van der Waals surface area contributed by atoms with Crippen LogP contribution in [0.1, 0.15) is 5.56 Å². The summed E-state index contributed by atoms with van der Waals surface area (Å²) < 4.78 is 0. The minimum atomic E-state index is -0.208. The fraction of sp³-hybridized carbons (Fsp3) is 0.0909. The van der Waals surface area contributed by atoms with E-state index in [4.69, 9.17) is 11.6 Å². The third-order valence-electron chi connectivity index (χ3n) is 1.57. The van der Waals surface area contributed by atoms with Gasteiger partial charge in [-0.15, -0.1) is 0 Å². The molecule has 0 atom stereocenters. The van der Waals surface area contributed by atoms with Gasteiger partial charge in [-0.2, -0.15) is 0 Å². The molecule has 15 heavy (non-hydrogen) atoms. The molecule has 1 N–H and O–H groups in total. The molecule has 0 saturated carbocycles. The SMILES string of the molecule is C=C(Cl)CNC(=O)/C=C/c1cccnc1. The van der Waals surface area contributed by atoms with Crippen LogP contribution in [-0.4, -0.2) is 17.4 Å². The highest BCUT2D eigenvalue weighted by atomic mass is 35.5. The van der Waals surface area contributed by atoms with Crippen molar-refractivity contribution in [2.45, 2.75) is 0 Å². The summed E-state index contributed by atoms with van der Waals surface area (Å²) in [6.45, 7) is 3.74. The molecule has 1 aromatic heterocycles. The van der Waals surface area contributed by atoms with Gasteiger partial charge in [0.15, 0.2) is 0 Å². The van der Waals surface area contributed by atoms with Crippen molar-refractivity contribution in [2.75, 3.05) is 6.54 Å². The molecule has 1 heterocycles. The van der Waals surface area contributed by atoms with Crippen LogP contribution in [0, 0.1) is 0 Å². The maximum atomic E-state index is 11.2. The van der Waals surface area contributed by atoms with Gasteiger partial charge < -0.3 is 5.32 Å². The zero-order valence-corrected chi connectivity index (χ0v) is 8.87. The molecule has 1 amide bonds. The van der Waals surface area contributed by atoms with E-state index in [0.717, 1.165) is 5.56 Å². The Morgan fingerprint density at radius 1 is 1.67 bits per heavy atom. The molecule has 0 aromatic carbocycles. The van der Waals surface area contributed by atoms with Gasteiger partial charge in [0.2, 0.25) is 5.91 Å². The number of carbonyl (C=O) groups is 1. The van der Waals surface area contributed by atoms with Gasteiger partial charge in [0.05, 0.1) is 6.54 Å². The number of halogens is 1. The van der Waals surface area contributed by atoms with Crippen LogP contribution in [0.25, 0.3) is 6.08 Å². The van der Waals surface area contributed by atoms with E-state index in [1.54, 1.807) is 24.5 Å². The minimum Gasteiger partial charge on any atom is -0.348 e. The van der Waals surface area contributed by atoms with Crippen molar-refractivity contribution in [3.63, 3.8) is 0 Å². The fourth-order valence-electron chi connectivity index (χ4n) is 0.888. The zero-order valence-electron chi connectivity index (χ0n) is 8.11. The Kier molecular flexibility index (Phi) is 4.57. The van der Waals surface area contributed by atoms with Gasteiger partial charge >= 0.3 is 0 Å². The number of carbonyl (C=O) groups excluding carboxylic acids is 1. The quantitative estimate of drug-likeness (QED) is 0.792. The van der Waals surface area contributed by atoms with E-state index in [1.165, 1.54) is 6.08 Å². The summed E-state index contributed by atoms with van der Waals surface area (Å²) in [5, 5.41) is 2.98. The Hall–Kier alpha value is -1.61. The molecule has 78 valence electrons. The minimum absolute atomic E-state index is 0.208. The van der Waals surface area contributed by atoms with Crippen molar-refractivity contribution in [1.82, 2.24) is 10.3 Å². The van der Waals surface area contributed by atoms with Crippen LogP contribution in [0.2, 0.25) is 0 Å². The van der Waals surface area contributed by atoms with Crippen molar-refractivity contribution in [2.24, 2.45) is 0 Å². The molecular formula is C11H11ClN2O. The van der Waals surface area contributed by atoms with Gasteiger partial charge in [-0.3, -0.25) is 9.78 Å². The first-order valence-electron chi connectivity index (χ1n) is 4.37. The summed E-state index contributed by atoms with van der Waals surface area (Å²) in [7, 11) is 0. The zero-order chi connectivity index (χ0) is 11.1. The maximum Gasteiger partial charge on any atom is 0.244 e. The third kappa shape index (κ3) is 4.98. The number of pyridine rings is 1. The molecule has 1 rings (SSSR count). The monoisotopic (exact) mass is 222 g/mol. The molecule has 0 saturated heterocycles. The van der Waals surface area contributed by atoms with E-state index < -0.39 is 0 Å². The average molecular weight is 223 g/mol. The van der Waals surface area contributed by atoms with E-state index in [0.29, 0.717) is 5.03 Å². The first kappa shape index (κ1) is 11.5. The second kappa shape index (κ2) is 5.98. The predicted molar refractivity (Wildman–Crippen MR) is 61.3 cm³/mol. The molecule has 0 spiro atoms. The van der Waals surface area contributed by atoms with Gasteiger partial charge in [0.1, 0.15) is 0 Å². The number of nitrogens with one attached hydrogen (secondary N) is 1. The molecule has 0 aliphatic rings. The molecule has 0 aliphatic carbocycles. The van der Waals surface area contributed by atoms with E-state index in [-0.39, 0.29) is 12.5 Å². The first-order chi connectivity index (χ1) is 7.18. The van der Waals surface area contributed by atoms with Crippen molar-refractivity contribution in [3.8, 4) is 0 Å². The highest BCUT2D eigenvalue weighted by Gasteiger charge is 1.94. The highest BCUT2D eigenvalue weighted by molar-refractivity contribution is 6.29. The fourth-order valence-corrected chi connectivity index (χ4v) is 0.955. The summed E-state index contributed by atoms with van der Waals surface area (Å²) in [5.74, 6) is -0.208. The van der Waals surface area contributed by atoms with E-state index in [2.05, 4.69) is 16.9 Å². The van der Waals surface area contributed by atoms with Crippen LogP contribution >= 0.6 is 11.6 Å². The van der Waals surface area contributed by atoms with Gasteiger partial charge in [0.25, 0.3) is 0 Å². The Labute approximate surface area is 93.5 Å². The lowest BCUT2D eigenvalue weighted by Gasteiger charge is -1.98. The molecule has 0 bridgehead atoms. The Morgan fingerprint density at radius 3 is 3.07 bits per heavy atom. The normalized spacial score (nSPS) is 10.2. The second-order valence-electron chi connectivity index (χ2n) is 2.85. The Bertz CT molecular complexity index is 373. The average Bonchev–Trinajstić information content (AvgIpc) is 2.25. The van der Waals surface area contributed by atoms with E-state index >= 15 is 0 Å².